The number of anilines is 1. The lowest BCUT2D eigenvalue weighted by atomic mass is 10.2. The SMILES string of the molecule is Nc1ccc(S(=O)(=O)Cc2ccc(F)cc2F)cc1. The second kappa shape index (κ2) is 4.97. The smallest absolute Gasteiger partial charge is 0.182 e. The number of halogens is 2. The van der Waals surface area contributed by atoms with E-state index < -0.39 is 27.2 Å². The molecule has 6 heteroatoms. The average Bonchev–Trinajstić information content (AvgIpc) is 2.33. The Morgan fingerprint density at radius 2 is 1.63 bits per heavy atom. The summed E-state index contributed by atoms with van der Waals surface area (Å²) < 4.78 is 50.3. The molecule has 2 rings (SSSR count). The maximum absolute atomic E-state index is 13.4. The second-order valence-electron chi connectivity index (χ2n) is 4.06. The number of nitrogen functional groups attached to an aromatic ring is 1. The molecule has 0 saturated heterocycles. The summed E-state index contributed by atoms with van der Waals surface area (Å²) in [4.78, 5) is 0.0467. The van der Waals surface area contributed by atoms with Crippen LogP contribution in [-0.4, -0.2) is 8.42 Å². The van der Waals surface area contributed by atoms with E-state index in [2.05, 4.69) is 0 Å². The van der Waals surface area contributed by atoms with Crippen molar-refractivity contribution in [3.63, 3.8) is 0 Å². The van der Waals surface area contributed by atoms with Crippen LogP contribution in [0, 0.1) is 11.6 Å². The Hall–Kier alpha value is -1.95. The summed E-state index contributed by atoms with van der Waals surface area (Å²) >= 11 is 0. The summed E-state index contributed by atoms with van der Waals surface area (Å²) in [5.41, 5.74) is 5.83. The van der Waals surface area contributed by atoms with Gasteiger partial charge in [0.1, 0.15) is 11.6 Å². The number of benzene rings is 2. The van der Waals surface area contributed by atoms with Crippen LogP contribution in [0.5, 0.6) is 0 Å². The van der Waals surface area contributed by atoms with Crippen LogP contribution in [0.15, 0.2) is 47.4 Å². The summed E-state index contributed by atoms with van der Waals surface area (Å²) in [6.07, 6.45) is 0. The third-order valence-electron chi connectivity index (χ3n) is 2.60. The third kappa shape index (κ3) is 3.08. The first-order valence-corrected chi connectivity index (χ1v) is 7.06. The van der Waals surface area contributed by atoms with Crippen molar-refractivity contribution < 1.29 is 17.2 Å². The van der Waals surface area contributed by atoms with E-state index >= 15 is 0 Å². The largest absolute Gasteiger partial charge is 0.399 e. The molecule has 0 unspecified atom stereocenters. The fourth-order valence-corrected chi connectivity index (χ4v) is 2.96. The monoisotopic (exact) mass is 283 g/mol. The van der Waals surface area contributed by atoms with Gasteiger partial charge in [-0.2, -0.15) is 0 Å². The maximum atomic E-state index is 13.4. The summed E-state index contributed by atoms with van der Waals surface area (Å²) in [5.74, 6) is -2.14. The molecule has 0 aliphatic rings. The van der Waals surface area contributed by atoms with Gasteiger partial charge in [0.25, 0.3) is 0 Å². The summed E-state index contributed by atoms with van der Waals surface area (Å²) in [6, 6.07) is 8.42. The molecule has 0 atom stereocenters. The summed E-state index contributed by atoms with van der Waals surface area (Å²) in [7, 11) is -3.68. The van der Waals surface area contributed by atoms with Gasteiger partial charge in [0, 0.05) is 17.3 Å². The van der Waals surface area contributed by atoms with Gasteiger partial charge in [-0.05, 0) is 30.3 Å². The van der Waals surface area contributed by atoms with Crippen molar-refractivity contribution in [2.75, 3.05) is 5.73 Å². The highest BCUT2D eigenvalue weighted by atomic mass is 32.2. The normalized spacial score (nSPS) is 11.5. The van der Waals surface area contributed by atoms with Crippen molar-refractivity contribution in [2.24, 2.45) is 0 Å². The second-order valence-corrected chi connectivity index (χ2v) is 6.05. The molecule has 3 nitrogen and oxygen atoms in total. The van der Waals surface area contributed by atoms with Crippen molar-refractivity contribution in [2.45, 2.75) is 10.6 Å². The van der Waals surface area contributed by atoms with Gasteiger partial charge in [-0.3, -0.25) is 0 Å². The minimum Gasteiger partial charge on any atom is -0.399 e. The van der Waals surface area contributed by atoms with Gasteiger partial charge in [0.05, 0.1) is 10.6 Å². The third-order valence-corrected chi connectivity index (χ3v) is 4.28. The van der Waals surface area contributed by atoms with Crippen molar-refractivity contribution >= 4 is 15.5 Å². The number of hydrogen-bond acceptors (Lipinski definition) is 3. The van der Waals surface area contributed by atoms with E-state index in [1.165, 1.54) is 24.3 Å². The lowest BCUT2D eigenvalue weighted by Gasteiger charge is -2.06. The number of hydrogen-bond donors (Lipinski definition) is 1. The van der Waals surface area contributed by atoms with Gasteiger partial charge in [0.2, 0.25) is 0 Å². The first-order chi connectivity index (χ1) is 8.88. The first-order valence-electron chi connectivity index (χ1n) is 5.41. The number of rotatable bonds is 3. The van der Waals surface area contributed by atoms with Gasteiger partial charge in [-0.1, -0.05) is 6.07 Å². The predicted octanol–water partition coefficient (Wildman–Crippen LogP) is 2.52. The van der Waals surface area contributed by atoms with Crippen LogP contribution in [0.25, 0.3) is 0 Å². The maximum Gasteiger partial charge on any atom is 0.182 e. The Morgan fingerprint density at radius 3 is 2.21 bits per heavy atom. The summed E-state index contributed by atoms with van der Waals surface area (Å²) in [5, 5.41) is 0. The molecular formula is C13H11F2NO2S. The van der Waals surface area contributed by atoms with Crippen LogP contribution in [0.2, 0.25) is 0 Å². The Balaban J connectivity index is 2.33. The highest BCUT2D eigenvalue weighted by Gasteiger charge is 2.17. The fourth-order valence-electron chi connectivity index (χ4n) is 1.60. The highest BCUT2D eigenvalue weighted by molar-refractivity contribution is 7.90. The zero-order chi connectivity index (χ0) is 14.0. The van der Waals surface area contributed by atoms with Crippen LogP contribution < -0.4 is 5.73 Å². The van der Waals surface area contributed by atoms with Crippen molar-refractivity contribution in [3.8, 4) is 0 Å². The molecule has 0 amide bonds. The van der Waals surface area contributed by atoms with Gasteiger partial charge < -0.3 is 5.73 Å². The predicted molar refractivity (Wildman–Crippen MR) is 68.1 cm³/mol. The average molecular weight is 283 g/mol. The van der Waals surface area contributed by atoms with E-state index in [1.54, 1.807) is 0 Å². The molecule has 0 aliphatic carbocycles. The topological polar surface area (TPSA) is 60.2 Å². The van der Waals surface area contributed by atoms with Crippen LogP contribution in [-0.2, 0) is 15.6 Å². The zero-order valence-electron chi connectivity index (χ0n) is 9.81. The molecular weight excluding hydrogens is 272 g/mol. The van der Waals surface area contributed by atoms with E-state index in [4.69, 9.17) is 5.73 Å². The fraction of sp³-hybridized carbons (Fsp3) is 0.0769. The zero-order valence-corrected chi connectivity index (χ0v) is 10.6. The molecule has 0 saturated carbocycles. The Bertz CT molecular complexity index is 697. The number of sulfone groups is 1. The molecule has 2 aromatic rings. The quantitative estimate of drug-likeness (QED) is 0.880. The molecule has 2 N–H and O–H groups in total. The molecule has 0 heterocycles. The molecule has 0 radical (unpaired) electrons. The van der Waals surface area contributed by atoms with E-state index in [-0.39, 0.29) is 10.5 Å². The summed E-state index contributed by atoms with van der Waals surface area (Å²) in [6.45, 7) is 0. The van der Waals surface area contributed by atoms with Crippen LogP contribution in [0.4, 0.5) is 14.5 Å². The van der Waals surface area contributed by atoms with Gasteiger partial charge >= 0.3 is 0 Å². The molecule has 19 heavy (non-hydrogen) atoms. The molecule has 0 spiro atoms. The molecule has 0 aromatic heterocycles. The van der Waals surface area contributed by atoms with E-state index in [0.29, 0.717) is 11.8 Å². The lowest BCUT2D eigenvalue weighted by Crippen LogP contribution is -2.06. The molecule has 0 aliphatic heterocycles. The van der Waals surface area contributed by atoms with Crippen molar-refractivity contribution in [1.82, 2.24) is 0 Å². The Morgan fingerprint density at radius 1 is 1.00 bits per heavy atom. The van der Waals surface area contributed by atoms with Crippen LogP contribution in [0.3, 0.4) is 0 Å². The van der Waals surface area contributed by atoms with E-state index in [1.807, 2.05) is 0 Å². The highest BCUT2D eigenvalue weighted by Crippen LogP contribution is 2.20. The minimum atomic E-state index is -3.68. The lowest BCUT2D eigenvalue weighted by molar-refractivity contribution is 0.569. The van der Waals surface area contributed by atoms with Crippen molar-refractivity contribution in [3.05, 3.63) is 59.7 Å². The standard InChI is InChI=1S/C13H11F2NO2S/c14-10-2-1-9(13(15)7-10)8-19(17,18)12-5-3-11(16)4-6-12/h1-7H,8,16H2. The number of nitrogens with two attached hydrogens (primary N) is 1. The van der Waals surface area contributed by atoms with E-state index in [9.17, 15) is 17.2 Å². The molecule has 0 bridgehead atoms. The van der Waals surface area contributed by atoms with Gasteiger partial charge in [0.15, 0.2) is 9.84 Å². The van der Waals surface area contributed by atoms with E-state index in [0.717, 1.165) is 12.1 Å². The Labute approximate surface area is 109 Å². The van der Waals surface area contributed by atoms with Crippen LogP contribution in [0.1, 0.15) is 5.56 Å². The van der Waals surface area contributed by atoms with Gasteiger partial charge in [-0.15, -0.1) is 0 Å². The Kier molecular flexibility index (Phi) is 3.53. The van der Waals surface area contributed by atoms with Crippen molar-refractivity contribution in [1.29, 1.82) is 0 Å². The molecule has 2 aromatic carbocycles. The first kappa shape index (κ1) is 13.5. The van der Waals surface area contributed by atoms with Crippen LogP contribution >= 0.6 is 0 Å². The molecule has 0 fully saturated rings. The van der Waals surface area contributed by atoms with Gasteiger partial charge in [-0.25, -0.2) is 17.2 Å². The molecule has 100 valence electrons. The minimum absolute atomic E-state index is 0.0467.